The fourth-order valence-electron chi connectivity index (χ4n) is 6.41. The third-order valence-corrected chi connectivity index (χ3v) is 10.0. The van der Waals surface area contributed by atoms with E-state index >= 15 is 0 Å². The lowest BCUT2D eigenvalue weighted by atomic mass is 9.99. The van der Waals surface area contributed by atoms with Crippen molar-refractivity contribution >= 4 is 39.3 Å². The molecule has 3 unspecified atom stereocenters. The number of likely N-dealkylation sites (tertiary alicyclic amines) is 2. The van der Waals surface area contributed by atoms with E-state index in [4.69, 9.17) is 5.73 Å². The number of imide groups is 1. The Kier molecular flexibility index (Phi) is 6.31. The normalized spacial score (nSPS) is 24.3. The number of aromatic nitrogens is 2. The lowest BCUT2D eigenvalue weighted by Crippen LogP contribution is -2.35. The number of pyridine rings is 2. The third kappa shape index (κ3) is 4.42. The molecule has 1 aliphatic carbocycles. The van der Waals surface area contributed by atoms with Crippen LogP contribution in [0.1, 0.15) is 53.7 Å². The summed E-state index contributed by atoms with van der Waals surface area (Å²) in [6, 6.07) is 4.08. The van der Waals surface area contributed by atoms with Crippen LogP contribution in [-0.4, -0.2) is 56.6 Å². The van der Waals surface area contributed by atoms with Gasteiger partial charge in [0, 0.05) is 35.8 Å². The van der Waals surface area contributed by atoms with E-state index in [2.05, 4.69) is 9.97 Å². The van der Waals surface area contributed by atoms with Crippen LogP contribution in [-0.2, 0) is 22.3 Å². The van der Waals surface area contributed by atoms with Gasteiger partial charge < -0.3 is 10.6 Å². The van der Waals surface area contributed by atoms with Gasteiger partial charge >= 0.3 is 6.18 Å². The Balaban J connectivity index is 1.41. The summed E-state index contributed by atoms with van der Waals surface area (Å²) >= 11 is 1.23. The number of nitrogens with zero attached hydrogens (tertiary/aromatic N) is 4. The van der Waals surface area contributed by atoms with Crippen molar-refractivity contribution in [1.82, 2.24) is 19.8 Å². The van der Waals surface area contributed by atoms with Gasteiger partial charge in [-0.1, -0.05) is 13.8 Å². The van der Waals surface area contributed by atoms with Crippen LogP contribution in [0, 0.1) is 30.1 Å². The van der Waals surface area contributed by atoms with Gasteiger partial charge in [-0.2, -0.15) is 13.2 Å². The van der Waals surface area contributed by atoms with Gasteiger partial charge in [-0.3, -0.25) is 24.3 Å². The Bertz CT molecular complexity index is 1590. The summed E-state index contributed by atoms with van der Waals surface area (Å²) < 4.78 is 42.2. The lowest BCUT2D eigenvalue weighted by Gasteiger charge is -2.22. The minimum absolute atomic E-state index is 0.0640. The number of amides is 3. The number of carbonyl (C=O) groups is 3. The van der Waals surface area contributed by atoms with Gasteiger partial charge in [0.1, 0.15) is 5.69 Å². The zero-order valence-electron chi connectivity index (χ0n) is 23.1. The Labute approximate surface area is 238 Å². The van der Waals surface area contributed by atoms with Gasteiger partial charge in [0.2, 0.25) is 11.8 Å². The molecule has 8 nitrogen and oxygen atoms in total. The van der Waals surface area contributed by atoms with E-state index < -0.39 is 17.8 Å². The van der Waals surface area contributed by atoms with Gasteiger partial charge in [-0.05, 0) is 55.4 Å². The van der Waals surface area contributed by atoms with E-state index in [1.165, 1.54) is 29.4 Å². The topological polar surface area (TPSA) is 109 Å². The van der Waals surface area contributed by atoms with Gasteiger partial charge in [-0.15, -0.1) is 11.3 Å². The number of halogens is 3. The molecule has 3 aromatic heterocycles. The van der Waals surface area contributed by atoms with E-state index in [-0.39, 0.29) is 64.4 Å². The van der Waals surface area contributed by atoms with E-state index in [1.807, 2.05) is 20.8 Å². The molecule has 3 aromatic rings. The second kappa shape index (κ2) is 9.32. The molecule has 216 valence electrons. The third-order valence-electron chi connectivity index (χ3n) is 8.90. The molecule has 0 bridgehead atoms. The highest BCUT2D eigenvalue weighted by molar-refractivity contribution is 7.19. The second-order valence-electron chi connectivity index (χ2n) is 12.0. The molecule has 6 rings (SSSR count). The van der Waals surface area contributed by atoms with Crippen molar-refractivity contribution in [2.75, 3.05) is 13.1 Å². The Morgan fingerprint density at radius 2 is 1.90 bits per heavy atom. The fourth-order valence-corrected chi connectivity index (χ4v) is 7.53. The minimum Gasteiger partial charge on any atom is -0.338 e. The number of nitrogens with two attached hydrogens (primary N) is 1. The molecule has 3 amide bonds. The molecular formula is C29H30F3N5O3S. The summed E-state index contributed by atoms with van der Waals surface area (Å²) in [4.78, 5) is 51.5. The van der Waals surface area contributed by atoms with E-state index in [9.17, 15) is 27.6 Å². The molecule has 0 radical (unpaired) electrons. The molecule has 0 aromatic carbocycles. The maximum atomic E-state index is 13.9. The summed E-state index contributed by atoms with van der Waals surface area (Å²) in [5, 5.41) is 0. The monoisotopic (exact) mass is 585 g/mol. The first-order chi connectivity index (χ1) is 19.2. The Morgan fingerprint density at radius 3 is 2.51 bits per heavy atom. The SMILES string of the molecule is Cc1cc(C(F)(F)F)nc(-c2ccnc3cc(CN4C(=O)C5C(C4=O)C5(C)C)sc23)c1C(=O)N1CC[C@H](C(C)N)C1. The average Bonchev–Trinajstić information content (AvgIpc) is 3.33. The molecule has 2 N–H and O–H groups in total. The van der Waals surface area contributed by atoms with E-state index in [0.29, 0.717) is 40.2 Å². The van der Waals surface area contributed by atoms with Crippen LogP contribution >= 0.6 is 11.3 Å². The maximum absolute atomic E-state index is 13.9. The van der Waals surface area contributed by atoms with Crippen molar-refractivity contribution in [2.45, 2.75) is 52.9 Å². The molecule has 5 heterocycles. The van der Waals surface area contributed by atoms with Gasteiger partial charge in [0.25, 0.3) is 5.91 Å². The molecule has 12 heteroatoms. The number of hydrogen-bond donors (Lipinski definition) is 1. The van der Waals surface area contributed by atoms with Crippen molar-refractivity contribution in [2.24, 2.45) is 28.9 Å². The quantitative estimate of drug-likeness (QED) is 0.437. The van der Waals surface area contributed by atoms with E-state index in [1.54, 1.807) is 17.0 Å². The smallest absolute Gasteiger partial charge is 0.338 e. The predicted molar refractivity (Wildman–Crippen MR) is 147 cm³/mol. The molecule has 2 aliphatic heterocycles. The van der Waals surface area contributed by atoms with Crippen molar-refractivity contribution in [3.63, 3.8) is 0 Å². The molecule has 2 saturated heterocycles. The van der Waals surface area contributed by atoms with Gasteiger partial charge in [-0.25, -0.2) is 4.98 Å². The van der Waals surface area contributed by atoms with E-state index in [0.717, 1.165) is 6.07 Å². The molecule has 1 saturated carbocycles. The molecule has 3 fully saturated rings. The molecule has 0 spiro atoms. The largest absolute Gasteiger partial charge is 0.433 e. The first kappa shape index (κ1) is 27.8. The van der Waals surface area contributed by atoms with Crippen LogP contribution in [0.15, 0.2) is 24.4 Å². The maximum Gasteiger partial charge on any atom is 0.433 e. The van der Waals surface area contributed by atoms with Crippen LogP contribution in [0.4, 0.5) is 13.2 Å². The van der Waals surface area contributed by atoms with Crippen molar-refractivity contribution in [3.05, 3.63) is 46.1 Å². The highest BCUT2D eigenvalue weighted by Crippen LogP contribution is 2.63. The Hall–Kier alpha value is -3.38. The highest BCUT2D eigenvalue weighted by Gasteiger charge is 2.72. The summed E-state index contributed by atoms with van der Waals surface area (Å²) in [5.74, 6) is -1.31. The lowest BCUT2D eigenvalue weighted by molar-refractivity contribution is -0.144. The van der Waals surface area contributed by atoms with Crippen LogP contribution < -0.4 is 5.73 Å². The molecular weight excluding hydrogens is 555 g/mol. The number of carbonyl (C=O) groups excluding carboxylic acids is 3. The van der Waals surface area contributed by atoms with Crippen molar-refractivity contribution in [1.29, 1.82) is 0 Å². The zero-order chi connectivity index (χ0) is 29.6. The number of fused-ring (bicyclic) bond motifs is 2. The molecule has 3 aliphatic rings. The number of hydrogen-bond acceptors (Lipinski definition) is 7. The van der Waals surface area contributed by atoms with Crippen LogP contribution in [0.2, 0.25) is 0 Å². The predicted octanol–water partition coefficient (Wildman–Crippen LogP) is 4.64. The summed E-state index contributed by atoms with van der Waals surface area (Å²) in [6.07, 6.45) is -2.54. The number of alkyl halides is 3. The van der Waals surface area contributed by atoms with Crippen LogP contribution in [0.25, 0.3) is 21.5 Å². The van der Waals surface area contributed by atoms with Crippen molar-refractivity contribution in [3.8, 4) is 11.3 Å². The van der Waals surface area contributed by atoms with Crippen molar-refractivity contribution < 1.29 is 27.6 Å². The van der Waals surface area contributed by atoms with Gasteiger partial charge in [0.05, 0.1) is 39.9 Å². The molecule has 4 atom stereocenters. The standard InChI is InChI=1S/C29H30F3N5O3S/c1-13-9-19(29(30,31)32)35-23(20(13)25(38)36-8-6-15(11-36)14(2)33)17-5-7-34-18-10-16(41-24(17)18)12-37-26(39)21-22(27(37)40)28(21,3)4/h5,7,9-10,14-15,21-22H,6,8,11-12,33H2,1-4H3/t14?,15-,21?,22?/m0/s1. The Morgan fingerprint density at radius 1 is 1.22 bits per heavy atom. The summed E-state index contributed by atoms with van der Waals surface area (Å²) in [5.41, 5.74) is 5.68. The highest BCUT2D eigenvalue weighted by atomic mass is 32.1. The number of aryl methyl sites for hydroxylation is 1. The zero-order valence-corrected chi connectivity index (χ0v) is 23.9. The summed E-state index contributed by atoms with van der Waals surface area (Å²) in [6.45, 7) is 8.12. The molecule has 41 heavy (non-hydrogen) atoms. The van der Waals surface area contributed by atoms with Crippen LogP contribution in [0.3, 0.4) is 0 Å². The first-order valence-electron chi connectivity index (χ1n) is 13.6. The first-order valence-corrected chi connectivity index (χ1v) is 14.4. The number of thiophene rings is 1. The van der Waals surface area contributed by atoms with Crippen LogP contribution in [0.5, 0.6) is 0 Å². The number of rotatable bonds is 5. The number of piperidine rings is 1. The fraction of sp³-hybridized carbons (Fsp3) is 0.483. The van der Waals surface area contributed by atoms with Gasteiger partial charge in [0.15, 0.2) is 0 Å². The second-order valence-corrected chi connectivity index (χ2v) is 13.2. The minimum atomic E-state index is -4.72. The summed E-state index contributed by atoms with van der Waals surface area (Å²) in [7, 11) is 0. The average molecular weight is 586 g/mol.